The van der Waals surface area contributed by atoms with Crippen LogP contribution in [0.2, 0.25) is 0 Å². The van der Waals surface area contributed by atoms with Gasteiger partial charge in [0.05, 0.1) is 10.2 Å². The number of nitrogens with zero attached hydrogens (tertiary/aromatic N) is 1. The minimum Gasteiger partial charge on any atom is -0.417 e. The monoisotopic (exact) mass is 310 g/mol. The Morgan fingerprint density at radius 3 is 3.00 bits per heavy atom. The van der Waals surface area contributed by atoms with Crippen molar-refractivity contribution in [2.24, 2.45) is 0 Å². The summed E-state index contributed by atoms with van der Waals surface area (Å²) in [5.74, 6) is 0.692. The van der Waals surface area contributed by atoms with Gasteiger partial charge < -0.3 is 14.5 Å². The zero-order chi connectivity index (χ0) is 13.0. The molecule has 96 valence electrons. The summed E-state index contributed by atoms with van der Waals surface area (Å²) in [4.78, 5) is 4.23. The van der Waals surface area contributed by atoms with Crippen LogP contribution < -0.4 is 10.1 Å². The molecule has 0 fully saturated rings. The Labute approximate surface area is 114 Å². The van der Waals surface area contributed by atoms with Gasteiger partial charge in [-0.25, -0.2) is 0 Å². The van der Waals surface area contributed by atoms with Crippen LogP contribution in [0.25, 0.3) is 0 Å². The summed E-state index contributed by atoms with van der Waals surface area (Å²) in [5, 5.41) is 3.17. The van der Waals surface area contributed by atoms with E-state index in [1.54, 1.807) is 6.26 Å². The third-order valence-electron chi connectivity index (χ3n) is 2.37. The van der Waals surface area contributed by atoms with Crippen LogP contribution in [0.3, 0.4) is 0 Å². The third-order valence-corrected chi connectivity index (χ3v) is 2.99. The van der Waals surface area contributed by atoms with Gasteiger partial charge in [0, 0.05) is 6.54 Å². The van der Waals surface area contributed by atoms with Crippen molar-refractivity contribution in [2.75, 3.05) is 6.54 Å². The highest BCUT2D eigenvalue weighted by molar-refractivity contribution is 9.10. The average molecular weight is 311 g/mol. The number of halogens is 1. The first-order valence-electron chi connectivity index (χ1n) is 5.78. The Morgan fingerprint density at radius 1 is 1.44 bits per heavy atom. The SMILES string of the molecule is CCNCc1coc(Oc2ccc(C)cc2Br)n1. The van der Waals surface area contributed by atoms with Crippen LogP contribution in [-0.2, 0) is 6.54 Å². The first-order valence-corrected chi connectivity index (χ1v) is 6.57. The van der Waals surface area contributed by atoms with E-state index < -0.39 is 0 Å². The molecule has 1 aromatic heterocycles. The number of ether oxygens (including phenoxy) is 1. The average Bonchev–Trinajstić information content (AvgIpc) is 2.78. The molecule has 0 bridgehead atoms. The van der Waals surface area contributed by atoms with Gasteiger partial charge in [-0.1, -0.05) is 13.0 Å². The molecule has 0 aliphatic carbocycles. The standard InChI is InChI=1S/C13H15BrN2O2/c1-3-15-7-10-8-17-13(16-10)18-12-5-4-9(2)6-11(12)14/h4-6,8,15H,3,7H2,1-2H3. The molecular formula is C13H15BrN2O2. The Morgan fingerprint density at radius 2 is 2.28 bits per heavy atom. The van der Waals surface area contributed by atoms with Crippen molar-refractivity contribution >= 4 is 15.9 Å². The summed E-state index contributed by atoms with van der Waals surface area (Å²) >= 11 is 3.45. The molecule has 0 aliphatic heterocycles. The number of aryl methyl sites for hydroxylation is 1. The minimum atomic E-state index is 0.257. The van der Waals surface area contributed by atoms with E-state index in [1.165, 1.54) is 0 Å². The highest BCUT2D eigenvalue weighted by Crippen LogP contribution is 2.29. The van der Waals surface area contributed by atoms with Crippen LogP contribution in [0.1, 0.15) is 18.2 Å². The Hall–Kier alpha value is -1.33. The molecule has 0 unspecified atom stereocenters. The molecule has 18 heavy (non-hydrogen) atoms. The van der Waals surface area contributed by atoms with Crippen LogP contribution >= 0.6 is 15.9 Å². The number of benzene rings is 1. The first kappa shape index (κ1) is 13.1. The Bertz CT molecular complexity index is 525. The lowest BCUT2D eigenvalue weighted by Gasteiger charge is -2.03. The lowest BCUT2D eigenvalue weighted by atomic mass is 10.2. The number of oxazole rings is 1. The summed E-state index contributed by atoms with van der Waals surface area (Å²) < 4.78 is 11.7. The van der Waals surface area contributed by atoms with E-state index in [2.05, 4.69) is 26.2 Å². The molecule has 0 radical (unpaired) electrons. The second-order valence-electron chi connectivity index (χ2n) is 3.92. The van der Waals surface area contributed by atoms with Gasteiger partial charge in [-0.3, -0.25) is 0 Å². The van der Waals surface area contributed by atoms with Crippen molar-refractivity contribution in [1.82, 2.24) is 10.3 Å². The van der Waals surface area contributed by atoms with Crippen LogP contribution in [0.15, 0.2) is 33.4 Å². The molecule has 5 heteroatoms. The zero-order valence-corrected chi connectivity index (χ0v) is 12.0. The molecule has 1 N–H and O–H groups in total. The molecule has 0 atom stereocenters. The predicted octanol–water partition coefficient (Wildman–Crippen LogP) is 3.65. The summed E-state index contributed by atoms with van der Waals surface area (Å²) in [5.41, 5.74) is 1.99. The molecular weight excluding hydrogens is 296 g/mol. The van der Waals surface area contributed by atoms with Gasteiger partial charge in [0.2, 0.25) is 0 Å². The summed E-state index contributed by atoms with van der Waals surface area (Å²) in [6.45, 7) is 5.64. The second kappa shape index (κ2) is 6.02. The third kappa shape index (κ3) is 3.34. The minimum absolute atomic E-state index is 0.257. The Balaban J connectivity index is 2.06. The van der Waals surface area contributed by atoms with E-state index in [9.17, 15) is 0 Å². The normalized spacial score (nSPS) is 10.6. The maximum absolute atomic E-state index is 5.57. The molecule has 0 saturated heterocycles. The van der Waals surface area contributed by atoms with Gasteiger partial charge in [-0.05, 0) is 47.1 Å². The zero-order valence-electron chi connectivity index (χ0n) is 10.4. The number of aromatic nitrogens is 1. The number of hydrogen-bond donors (Lipinski definition) is 1. The predicted molar refractivity (Wildman–Crippen MR) is 72.8 cm³/mol. The fourth-order valence-electron chi connectivity index (χ4n) is 1.45. The number of nitrogens with one attached hydrogen (secondary N) is 1. The largest absolute Gasteiger partial charge is 0.417 e. The number of rotatable bonds is 5. The van der Waals surface area contributed by atoms with Gasteiger partial charge in [0.25, 0.3) is 0 Å². The molecule has 4 nitrogen and oxygen atoms in total. The van der Waals surface area contributed by atoms with Crippen LogP contribution in [0.4, 0.5) is 0 Å². The molecule has 1 heterocycles. The van der Waals surface area contributed by atoms with E-state index in [0.717, 1.165) is 22.3 Å². The highest BCUT2D eigenvalue weighted by Gasteiger charge is 2.08. The van der Waals surface area contributed by atoms with Crippen molar-refractivity contribution in [3.63, 3.8) is 0 Å². The molecule has 2 rings (SSSR count). The van der Waals surface area contributed by atoms with Crippen LogP contribution in [0, 0.1) is 6.92 Å². The maximum Gasteiger partial charge on any atom is 0.399 e. The second-order valence-corrected chi connectivity index (χ2v) is 4.78. The topological polar surface area (TPSA) is 47.3 Å². The number of hydrogen-bond acceptors (Lipinski definition) is 4. The maximum atomic E-state index is 5.57. The van der Waals surface area contributed by atoms with E-state index in [-0.39, 0.29) is 6.08 Å². The molecule has 0 amide bonds. The molecule has 0 spiro atoms. The highest BCUT2D eigenvalue weighted by atomic mass is 79.9. The van der Waals surface area contributed by atoms with Crippen molar-refractivity contribution < 1.29 is 9.15 Å². The lowest BCUT2D eigenvalue weighted by molar-refractivity contribution is 0.329. The molecule has 0 aliphatic rings. The van der Waals surface area contributed by atoms with Crippen LogP contribution in [0.5, 0.6) is 11.8 Å². The van der Waals surface area contributed by atoms with Gasteiger partial charge in [0.15, 0.2) is 0 Å². The summed E-state index contributed by atoms with van der Waals surface area (Å²) in [7, 11) is 0. The van der Waals surface area contributed by atoms with Crippen molar-refractivity contribution in [1.29, 1.82) is 0 Å². The summed E-state index contributed by atoms with van der Waals surface area (Å²) in [6.07, 6.45) is 1.85. The summed E-state index contributed by atoms with van der Waals surface area (Å²) in [6, 6.07) is 5.84. The molecule has 1 aromatic carbocycles. The van der Waals surface area contributed by atoms with Gasteiger partial charge in [-0.15, -0.1) is 0 Å². The molecule has 2 aromatic rings. The van der Waals surface area contributed by atoms with Crippen molar-refractivity contribution in [2.45, 2.75) is 20.4 Å². The molecule has 0 saturated carbocycles. The fraction of sp³-hybridized carbons (Fsp3) is 0.308. The first-order chi connectivity index (χ1) is 8.69. The Kier molecular flexibility index (Phi) is 4.38. The van der Waals surface area contributed by atoms with E-state index in [1.807, 2.05) is 32.0 Å². The smallest absolute Gasteiger partial charge is 0.399 e. The fourth-order valence-corrected chi connectivity index (χ4v) is 2.03. The lowest BCUT2D eigenvalue weighted by Crippen LogP contribution is -2.11. The van der Waals surface area contributed by atoms with Crippen molar-refractivity contribution in [3.05, 3.63) is 40.2 Å². The quantitative estimate of drug-likeness (QED) is 0.915. The van der Waals surface area contributed by atoms with Crippen LogP contribution in [-0.4, -0.2) is 11.5 Å². The van der Waals surface area contributed by atoms with E-state index in [0.29, 0.717) is 12.3 Å². The van der Waals surface area contributed by atoms with Gasteiger partial charge >= 0.3 is 6.08 Å². The van der Waals surface area contributed by atoms with E-state index in [4.69, 9.17) is 9.15 Å². The van der Waals surface area contributed by atoms with Gasteiger partial charge in [-0.2, -0.15) is 4.98 Å². The van der Waals surface area contributed by atoms with Gasteiger partial charge in [0.1, 0.15) is 12.0 Å². The van der Waals surface area contributed by atoms with E-state index >= 15 is 0 Å². The van der Waals surface area contributed by atoms with Crippen molar-refractivity contribution in [3.8, 4) is 11.8 Å².